The molecule has 0 aliphatic heterocycles. The standard InChI is InChI=1S/C12H15Cl/c13-8-4-7-11-9-12(11)10-5-2-1-3-6-10/h1-3,5-6,11-12H,4,7-9H2. The van der Waals surface area contributed by atoms with Gasteiger partial charge in [0.2, 0.25) is 0 Å². The minimum atomic E-state index is 0.817. The van der Waals surface area contributed by atoms with Gasteiger partial charge in [-0.05, 0) is 36.7 Å². The van der Waals surface area contributed by atoms with Crippen molar-refractivity contribution in [2.24, 2.45) is 5.92 Å². The topological polar surface area (TPSA) is 0 Å². The van der Waals surface area contributed by atoms with Gasteiger partial charge in [0.1, 0.15) is 0 Å². The van der Waals surface area contributed by atoms with E-state index in [-0.39, 0.29) is 0 Å². The lowest BCUT2D eigenvalue weighted by molar-refractivity contribution is 0.690. The van der Waals surface area contributed by atoms with Crippen molar-refractivity contribution in [3.8, 4) is 0 Å². The van der Waals surface area contributed by atoms with Crippen molar-refractivity contribution in [1.29, 1.82) is 0 Å². The predicted octanol–water partition coefficient (Wildman–Crippen LogP) is 3.81. The Kier molecular flexibility index (Phi) is 2.90. The van der Waals surface area contributed by atoms with Gasteiger partial charge in [-0.1, -0.05) is 30.3 Å². The molecule has 2 rings (SSSR count). The Bertz CT molecular complexity index is 255. The summed E-state index contributed by atoms with van der Waals surface area (Å²) in [7, 11) is 0. The monoisotopic (exact) mass is 194 g/mol. The summed E-state index contributed by atoms with van der Waals surface area (Å²) in [5.41, 5.74) is 1.52. The summed E-state index contributed by atoms with van der Waals surface area (Å²) < 4.78 is 0. The van der Waals surface area contributed by atoms with Gasteiger partial charge in [0.05, 0.1) is 0 Å². The highest BCUT2D eigenvalue weighted by atomic mass is 35.5. The van der Waals surface area contributed by atoms with Crippen LogP contribution >= 0.6 is 11.6 Å². The molecular weight excluding hydrogens is 180 g/mol. The Hall–Kier alpha value is -0.490. The summed E-state index contributed by atoms with van der Waals surface area (Å²) >= 11 is 5.67. The van der Waals surface area contributed by atoms with Gasteiger partial charge in [0, 0.05) is 5.88 Å². The number of hydrogen-bond acceptors (Lipinski definition) is 0. The van der Waals surface area contributed by atoms with Crippen LogP contribution in [0.4, 0.5) is 0 Å². The molecule has 1 aliphatic rings. The lowest BCUT2D eigenvalue weighted by Crippen LogP contribution is -1.84. The average molecular weight is 195 g/mol. The molecule has 2 atom stereocenters. The fourth-order valence-corrected chi connectivity index (χ4v) is 2.17. The molecule has 0 amide bonds. The van der Waals surface area contributed by atoms with E-state index in [2.05, 4.69) is 30.3 Å². The maximum Gasteiger partial charge on any atom is 0.0223 e. The van der Waals surface area contributed by atoms with Crippen molar-refractivity contribution in [2.75, 3.05) is 5.88 Å². The van der Waals surface area contributed by atoms with Crippen molar-refractivity contribution in [2.45, 2.75) is 25.2 Å². The van der Waals surface area contributed by atoms with Crippen LogP contribution in [0.2, 0.25) is 0 Å². The van der Waals surface area contributed by atoms with E-state index in [0.29, 0.717) is 0 Å². The van der Waals surface area contributed by atoms with E-state index in [1.165, 1.54) is 24.8 Å². The van der Waals surface area contributed by atoms with E-state index in [0.717, 1.165) is 17.7 Å². The Morgan fingerprint density at radius 1 is 1.23 bits per heavy atom. The van der Waals surface area contributed by atoms with E-state index in [4.69, 9.17) is 11.6 Å². The summed E-state index contributed by atoms with van der Waals surface area (Å²) in [4.78, 5) is 0. The highest BCUT2D eigenvalue weighted by molar-refractivity contribution is 6.17. The first-order valence-corrected chi connectivity index (χ1v) is 5.56. The minimum Gasteiger partial charge on any atom is -0.127 e. The molecule has 0 N–H and O–H groups in total. The zero-order chi connectivity index (χ0) is 9.10. The second-order valence-electron chi connectivity index (χ2n) is 3.84. The third-order valence-electron chi connectivity index (χ3n) is 2.86. The van der Waals surface area contributed by atoms with E-state index in [1.54, 1.807) is 0 Å². The largest absolute Gasteiger partial charge is 0.127 e. The van der Waals surface area contributed by atoms with Gasteiger partial charge in [0.25, 0.3) is 0 Å². The van der Waals surface area contributed by atoms with Crippen LogP contribution in [-0.4, -0.2) is 5.88 Å². The van der Waals surface area contributed by atoms with E-state index >= 15 is 0 Å². The molecule has 1 saturated carbocycles. The number of rotatable bonds is 4. The molecule has 0 heterocycles. The quantitative estimate of drug-likeness (QED) is 0.640. The first-order chi connectivity index (χ1) is 6.42. The molecule has 0 saturated heterocycles. The molecule has 1 aromatic rings. The van der Waals surface area contributed by atoms with Crippen LogP contribution in [0.15, 0.2) is 30.3 Å². The molecule has 0 aromatic heterocycles. The number of halogens is 1. The Morgan fingerprint density at radius 2 is 2.00 bits per heavy atom. The summed E-state index contributed by atoms with van der Waals surface area (Å²) in [5, 5.41) is 0. The Morgan fingerprint density at radius 3 is 2.69 bits per heavy atom. The molecule has 70 valence electrons. The highest BCUT2D eigenvalue weighted by Gasteiger charge is 2.36. The molecule has 2 unspecified atom stereocenters. The fraction of sp³-hybridized carbons (Fsp3) is 0.500. The molecule has 0 bridgehead atoms. The average Bonchev–Trinajstić information content (AvgIpc) is 2.95. The van der Waals surface area contributed by atoms with E-state index in [1.807, 2.05) is 0 Å². The number of hydrogen-bond donors (Lipinski definition) is 0. The van der Waals surface area contributed by atoms with Crippen LogP contribution in [0, 0.1) is 5.92 Å². The van der Waals surface area contributed by atoms with Gasteiger partial charge >= 0.3 is 0 Å². The van der Waals surface area contributed by atoms with Crippen molar-refractivity contribution >= 4 is 11.6 Å². The minimum absolute atomic E-state index is 0.817. The smallest absolute Gasteiger partial charge is 0.0223 e. The van der Waals surface area contributed by atoms with Crippen molar-refractivity contribution in [3.63, 3.8) is 0 Å². The van der Waals surface area contributed by atoms with Crippen LogP contribution in [0.25, 0.3) is 0 Å². The van der Waals surface area contributed by atoms with Crippen LogP contribution < -0.4 is 0 Å². The van der Waals surface area contributed by atoms with Crippen molar-refractivity contribution in [3.05, 3.63) is 35.9 Å². The molecular formula is C12H15Cl. The van der Waals surface area contributed by atoms with Gasteiger partial charge in [-0.15, -0.1) is 11.6 Å². The molecule has 1 fully saturated rings. The maximum absolute atomic E-state index is 5.67. The second-order valence-corrected chi connectivity index (χ2v) is 4.22. The second kappa shape index (κ2) is 4.15. The SMILES string of the molecule is ClCCCC1CC1c1ccccc1. The molecule has 1 aromatic carbocycles. The highest BCUT2D eigenvalue weighted by Crippen LogP contribution is 2.49. The summed E-state index contributed by atoms with van der Waals surface area (Å²) in [5.74, 6) is 2.57. The van der Waals surface area contributed by atoms with E-state index < -0.39 is 0 Å². The van der Waals surface area contributed by atoms with Gasteiger partial charge in [0.15, 0.2) is 0 Å². The molecule has 1 aliphatic carbocycles. The van der Waals surface area contributed by atoms with Gasteiger partial charge in [-0.25, -0.2) is 0 Å². The van der Waals surface area contributed by atoms with Crippen LogP contribution in [0.5, 0.6) is 0 Å². The fourth-order valence-electron chi connectivity index (χ4n) is 2.01. The molecule has 0 spiro atoms. The third kappa shape index (κ3) is 2.25. The first-order valence-electron chi connectivity index (χ1n) is 5.02. The molecule has 1 heteroatoms. The lowest BCUT2D eigenvalue weighted by Gasteiger charge is -1.98. The van der Waals surface area contributed by atoms with Crippen molar-refractivity contribution in [1.82, 2.24) is 0 Å². The lowest BCUT2D eigenvalue weighted by atomic mass is 10.1. The summed E-state index contributed by atoms with van der Waals surface area (Å²) in [6.45, 7) is 0. The normalized spacial score (nSPS) is 25.9. The number of alkyl halides is 1. The predicted molar refractivity (Wildman–Crippen MR) is 57.2 cm³/mol. The van der Waals surface area contributed by atoms with Gasteiger partial charge in [-0.3, -0.25) is 0 Å². The van der Waals surface area contributed by atoms with Crippen LogP contribution in [0.3, 0.4) is 0 Å². The Balaban J connectivity index is 1.86. The Labute approximate surface area is 84.9 Å². The third-order valence-corrected chi connectivity index (χ3v) is 3.13. The van der Waals surface area contributed by atoms with Crippen molar-refractivity contribution < 1.29 is 0 Å². The maximum atomic E-state index is 5.67. The van der Waals surface area contributed by atoms with Gasteiger partial charge < -0.3 is 0 Å². The zero-order valence-corrected chi connectivity index (χ0v) is 8.50. The first kappa shape index (κ1) is 9.08. The molecule has 0 radical (unpaired) electrons. The summed E-state index contributed by atoms with van der Waals surface area (Å²) in [6.07, 6.45) is 3.86. The molecule has 13 heavy (non-hydrogen) atoms. The number of benzene rings is 1. The van der Waals surface area contributed by atoms with Crippen LogP contribution in [-0.2, 0) is 0 Å². The summed E-state index contributed by atoms with van der Waals surface area (Å²) in [6, 6.07) is 10.8. The zero-order valence-electron chi connectivity index (χ0n) is 7.75. The van der Waals surface area contributed by atoms with Crippen LogP contribution in [0.1, 0.15) is 30.7 Å². The van der Waals surface area contributed by atoms with E-state index in [9.17, 15) is 0 Å². The molecule has 0 nitrogen and oxygen atoms in total. The van der Waals surface area contributed by atoms with Gasteiger partial charge in [-0.2, -0.15) is 0 Å².